The second-order valence-corrected chi connectivity index (χ2v) is 10.3. The highest BCUT2D eigenvalue weighted by molar-refractivity contribution is 6.46. The van der Waals surface area contributed by atoms with E-state index in [0.717, 1.165) is 12.1 Å². The molecule has 0 aliphatic carbocycles. The molecule has 1 atom stereocenters. The molecule has 0 radical (unpaired) electrons. The molecule has 0 aromatic heterocycles. The lowest BCUT2D eigenvalue weighted by Gasteiger charge is -2.27. The van der Waals surface area contributed by atoms with Crippen LogP contribution in [-0.2, 0) is 9.59 Å². The fourth-order valence-corrected chi connectivity index (χ4v) is 4.64. The number of aliphatic hydroxyl groups excluding tert-OH is 1. The summed E-state index contributed by atoms with van der Waals surface area (Å²) in [7, 11) is 8.40. The highest BCUT2D eigenvalue weighted by Gasteiger charge is 2.46. The quantitative estimate of drug-likeness (QED) is 0.240. The van der Waals surface area contributed by atoms with Crippen molar-refractivity contribution in [3.05, 3.63) is 52.6 Å². The highest BCUT2D eigenvalue weighted by atomic mass is 16.5. The third-order valence-electron chi connectivity index (χ3n) is 6.57. The van der Waals surface area contributed by atoms with E-state index < -0.39 is 17.7 Å². The number of amides is 1. The molecular formula is C30H40N2O7. The van der Waals surface area contributed by atoms with E-state index in [-0.39, 0.29) is 11.3 Å². The minimum Gasteiger partial charge on any atom is -0.507 e. The summed E-state index contributed by atoms with van der Waals surface area (Å²) in [5, 5.41) is 11.5. The molecule has 0 spiro atoms. The van der Waals surface area contributed by atoms with E-state index in [1.807, 2.05) is 25.9 Å². The van der Waals surface area contributed by atoms with Crippen molar-refractivity contribution in [1.29, 1.82) is 0 Å². The fraction of sp³-hybridized carbons (Fsp3) is 0.467. The molecule has 1 aliphatic heterocycles. The maximum absolute atomic E-state index is 13.4. The topological polar surface area (TPSA) is 97.8 Å². The standard InChI is InChI=1S/C30H40N2O7/c1-18(2)17-39-22-11-10-20(14-19(22)3)27(33)25-26(32(30(35)28(25)34)13-9-12-31(4)5)21-15-23(36-6)29(38-8)24(16-21)37-7/h10-11,14-16,18,26,33H,9,12-13,17H2,1-8H3/b27-25+/t26-/m1/s1. The Hall–Kier alpha value is -3.72. The molecule has 1 N–H and O–H groups in total. The smallest absolute Gasteiger partial charge is 0.295 e. The van der Waals surface area contributed by atoms with Gasteiger partial charge in [-0.05, 0) is 81.4 Å². The molecule has 9 nitrogen and oxygen atoms in total. The summed E-state index contributed by atoms with van der Waals surface area (Å²) in [6, 6.07) is 7.80. The zero-order valence-corrected chi connectivity index (χ0v) is 24.2. The Morgan fingerprint density at radius 1 is 1.00 bits per heavy atom. The van der Waals surface area contributed by atoms with E-state index in [1.54, 1.807) is 30.3 Å². The molecule has 1 heterocycles. The zero-order chi connectivity index (χ0) is 28.9. The van der Waals surface area contributed by atoms with Crippen LogP contribution < -0.4 is 18.9 Å². The average molecular weight is 541 g/mol. The Morgan fingerprint density at radius 3 is 2.15 bits per heavy atom. The summed E-state index contributed by atoms with van der Waals surface area (Å²) < 4.78 is 22.4. The first kappa shape index (κ1) is 29.8. The van der Waals surface area contributed by atoms with E-state index in [0.29, 0.717) is 59.6 Å². The largest absolute Gasteiger partial charge is 0.507 e. The molecular weight excluding hydrogens is 500 g/mol. The maximum atomic E-state index is 13.4. The first-order chi connectivity index (χ1) is 18.5. The second-order valence-electron chi connectivity index (χ2n) is 10.3. The molecule has 0 bridgehead atoms. The summed E-state index contributed by atoms with van der Waals surface area (Å²) in [6.07, 6.45) is 0.641. The lowest BCUT2D eigenvalue weighted by Crippen LogP contribution is -2.32. The van der Waals surface area contributed by atoms with Crippen molar-refractivity contribution in [3.8, 4) is 23.0 Å². The Kier molecular flexibility index (Phi) is 9.86. The van der Waals surface area contributed by atoms with E-state index in [4.69, 9.17) is 18.9 Å². The summed E-state index contributed by atoms with van der Waals surface area (Å²) in [6.45, 7) is 7.62. The normalized spacial score (nSPS) is 16.8. The number of methoxy groups -OCH3 is 3. The molecule has 1 saturated heterocycles. The third-order valence-corrected chi connectivity index (χ3v) is 6.57. The number of carbonyl (C=O) groups is 2. The molecule has 1 amide bonds. The van der Waals surface area contributed by atoms with E-state index in [1.165, 1.54) is 26.2 Å². The van der Waals surface area contributed by atoms with Gasteiger partial charge in [0.05, 0.1) is 39.6 Å². The molecule has 3 rings (SSSR count). The van der Waals surface area contributed by atoms with Crippen LogP contribution in [0.3, 0.4) is 0 Å². The maximum Gasteiger partial charge on any atom is 0.295 e. The number of ether oxygens (including phenoxy) is 4. The predicted octanol–water partition coefficient (Wildman–Crippen LogP) is 4.43. The van der Waals surface area contributed by atoms with Crippen molar-refractivity contribution < 1.29 is 33.6 Å². The van der Waals surface area contributed by atoms with Crippen molar-refractivity contribution in [2.45, 2.75) is 33.2 Å². The van der Waals surface area contributed by atoms with Crippen LogP contribution in [0.15, 0.2) is 35.9 Å². The fourth-order valence-electron chi connectivity index (χ4n) is 4.64. The Balaban J connectivity index is 2.17. The summed E-state index contributed by atoms with van der Waals surface area (Å²) >= 11 is 0. The number of hydrogen-bond acceptors (Lipinski definition) is 8. The van der Waals surface area contributed by atoms with Gasteiger partial charge < -0.3 is 33.9 Å². The van der Waals surface area contributed by atoms with Crippen LogP contribution in [0.2, 0.25) is 0 Å². The lowest BCUT2D eigenvalue weighted by molar-refractivity contribution is -0.139. The molecule has 0 saturated carbocycles. The first-order valence-electron chi connectivity index (χ1n) is 13.0. The molecule has 9 heteroatoms. The van der Waals surface area contributed by atoms with Gasteiger partial charge in [0.1, 0.15) is 11.5 Å². The van der Waals surface area contributed by atoms with Crippen LogP contribution in [-0.4, -0.2) is 81.7 Å². The van der Waals surface area contributed by atoms with Crippen molar-refractivity contribution in [1.82, 2.24) is 9.80 Å². The minimum absolute atomic E-state index is 0.00868. The first-order valence-corrected chi connectivity index (χ1v) is 13.0. The van der Waals surface area contributed by atoms with Gasteiger partial charge in [-0.2, -0.15) is 0 Å². The number of rotatable bonds is 12. The van der Waals surface area contributed by atoms with Crippen LogP contribution >= 0.6 is 0 Å². The van der Waals surface area contributed by atoms with Crippen molar-refractivity contribution in [2.75, 3.05) is 55.1 Å². The van der Waals surface area contributed by atoms with Crippen LogP contribution in [0.5, 0.6) is 23.0 Å². The van der Waals surface area contributed by atoms with Crippen LogP contribution in [0.25, 0.3) is 5.76 Å². The van der Waals surface area contributed by atoms with Crippen LogP contribution in [0.4, 0.5) is 0 Å². The molecule has 1 fully saturated rings. The van der Waals surface area contributed by atoms with Gasteiger partial charge in [0.25, 0.3) is 11.7 Å². The number of nitrogens with zero attached hydrogens (tertiary/aromatic N) is 2. The highest BCUT2D eigenvalue weighted by Crippen LogP contribution is 2.46. The SMILES string of the molecule is COc1cc([C@@H]2/C(=C(\O)c3ccc(OCC(C)C)c(C)c3)C(=O)C(=O)N2CCCN(C)C)cc(OC)c1OC. The van der Waals surface area contributed by atoms with Gasteiger partial charge in [-0.15, -0.1) is 0 Å². The van der Waals surface area contributed by atoms with Crippen LogP contribution in [0, 0.1) is 12.8 Å². The van der Waals surface area contributed by atoms with Crippen LogP contribution in [0.1, 0.15) is 43.0 Å². The van der Waals surface area contributed by atoms with Gasteiger partial charge in [-0.1, -0.05) is 13.8 Å². The predicted molar refractivity (Wildman–Crippen MR) is 150 cm³/mol. The summed E-state index contributed by atoms with van der Waals surface area (Å²) in [5.41, 5.74) is 1.80. The molecule has 1 aliphatic rings. The Bertz CT molecular complexity index is 1210. The molecule has 2 aromatic rings. The van der Waals surface area contributed by atoms with Gasteiger partial charge in [-0.25, -0.2) is 0 Å². The van der Waals surface area contributed by atoms with Crippen molar-refractivity contribution >= 4 is 17.4 Å². The number of likely N-dealkylation sites (tertiary alicyclic amines) is 1. The zero-order valence-electron chi connectivity index (χ0n) is 24.2. The third kappa shape index (κ3) is 6.47. The van der Waals surface area contributed by atoms with E-state index >= 15 is 0 Å². The number of hydrogen-bond donors (Lipinski definition) is 1. The number of aliphatic hydroxyl groups is 1. The minimum atomic E-state index is -0.849. The summed E-state index contributed by atoms with van der Waals surface area (Å²) in [4.78, 5) is 30.3. The lowest BCUT2D eigenvalue weighted by atomic mass is 9.94. The van der Waals surface area contributed by atoms with E-state index in [2.05, 4.69) is 13.8 Å². The molecule has 2 aromatic carbocycles. The average Bonchev–Trinajstić information content (AvgIpc) is 3.15. The van der Waals surface area contributed by atoms with Crippen molar-refractivity contribution in [2.24, 2.45) is 5.92 Å². The van der Waals surface area contributed by atoms with Gasteiger partial charge in [0.15, 0.2) is 11.5 Å². The van der Waals surface area contributed by atoms with Gasteiger partial charge >= 0.3 is 0 Å². The van der Waals surface area contributed by atoms with Gasteiger partial charge in [0, 0.05) is 12.1 Å². The molecule has 212 valence electrons. The number of carbonyl (C=O) groups excluding carboxylic acids is 2. The molecule has 0 unspecified atom stereocenters. The second kappa shape index (κ2) is 12.9. The number of Topliss-reactive ketones (excluding diaryl/α,β-unsaturated/α-hetero) is 1. The monoisotopic (exact) mass is 540 g/mol. The number of benzene rings is 2. The number of ketones is 1. The number of aryl methyl sites for hydroxylation is 1. The Labute approximate surface area is 230 Å². The Morgan fingerprint density at radius 2 is 1.64 bits per heavy atom. The molecule has 39 heavy (non-hydrogen) atoms. The van der Waals surface area contributed by atoms with Gasteiger partial charge in [-0.3, -0.25) is 9.59 Å². The van der Waals surface area contributed by atoms with Crippen molar-refractivity contribution in [3.63, 3.8) is 0 Å². The van der Waals surface area contributed by atoms with E-state index in [9.17, 15) is 14.7 Å². The summed E-state index contributed by atoms with van der Waals surface area (Å²) in [5.74, 6) is 0.560. The van der Waals surface area contributed by atoms with Gasteiger partial charge in [0.2, 0.25) is 5.75 Å².